The van der Waals surface area contributed by atoms with Crippen molar-refractivity contribution in [2.75, 3.05) is 26.2 Å². The molecule has 0 bridgehead atoms. The first-order valence-corrected chi connectivity index (χ1v) is 9.83. The van der Waals surface area contributed by atoms with Gasteiger partial charge in [-0.05, 0) is 42.2 Å². The number of nitrogens with zero attached hydrogens (tertiary/aromatic N) is 1. The Kier molecular flexibility index (Phi) is 6.20. The van der Waals surface area contributed by atoms with Gasteiger partial charge < -0.3 is 15.2 Å². The van der Waals surface area contributed by atoms with Crippen molar-refractivity contribution >= 4 is 5.91 Å². The Morgan fingerprint density at radius 3 is 2.65 bits per heavy atom. The van der Waals surface area contributed by atoms with Gasteiger partial charge in [0.15, 0.2) is 0 Å². The van der Waals surface area contributed by atoms with E-state index in [1.807, 2.05) is 12.1 Å². The van der Waals surface area contributed by atoms with Gasteiger partial charge in [-0.15, -0.1) is 0 Å². The molecule has 4 atom stereocenters. The minimum Gasteiger partial charge on any atom is -0.492 e. The van der Waals surface area contributed by atoms with Crippen LogP contribution in [0.2, 0.25) is 0 Å². The second-order valence-electron chi connectivity index (χ2n) is 8.17. The van der Waals surface area contributed by atoms with E-state index < -0.39 is 6.10 Å². The van der Waals surface area contributed by atoms with Crippen LogP contribution in [0.5, 0.6) is 5.75 Å². The van der Waals surface area contributed by atoms with Crippen LogP contribution in [0.1, 0.15) is 45.1 Å². The Labute approximate surface area is 156 Å². The molecule has 0 unspecified atom stereocenters. The van der Waals surface area contributed by atoms with E-state index in [2.05, 4.69) is 36.2 Å². The SMILES string of the molecule is CC(=O)N[C@@H]1C[C@@H]2CN(CCOc3ccccc3C(C)C)C[C@@H]2C[C@H]1O. The third-order valence-electron chi connectivity index (χ3n) is 5.81. The van der Waals surface area contributed by atoms with Crippen LogP contribution in [-0.4, -0.2) is 54.3 Å². The summed E-state index contributed by atoms with van der Waals surface area (Å²) in [6.07, 6.45) is 1.23. The number of rotatable bonds is 6. The molecule has 0 radical (unpaired) electrons. The fourth-order valence-corrected chi connectivity index (χ4v) is 4.50. The van der Waals surface area contributed by atoms with Crippen molar-refractivity contribution in [3.05, 3.63) is 29.8 Å². The molecule has 1 aromatic rings. The number of fused-ring (bicyclic) bond motifs is 1. The number of para-hydroxylation sites is 1. The number of carbonyl (C=O) groups excluding carboxylic acids is 1. The van der Waals surface area contributed by atoms with Gasteiger partial charge in [0, 0.05) is 26.6 Å². The number of aliphatic hydroxyl groups excluding tert-OH is 1. The molecule has 1 saturated heterocycles. The molecule has 0 aromatic heterocycles. The Morgan fingerprint density at radius 1 is 1.27 bits per heavy atom. The highest BCUT2D eigenvalue weighted by atomic mass is 16.5. The highest BCUT2D eigenvalue weighted by molar-refractivity contribution is 5.73. The summed E-state index contributed by atoms with van der Waals surface area (Å²) in [5.41, 5.74) is 1.25. The normalized spacial score (nSPS) is 28.8. The van der Waals surface area contributed by atoms with Crippen LogP contribution in [0.4, 0.5) is 0 Å². The van der Waals surface area contributed by atoms with Gasteiger partial charge in [0.2, 0.25) is 5.91 Å². The molecule has 3 rings (SSSR count). The Morgan fingerprint density at radius 2 is 1.96 bits per heavy atom. The van der Waals surface area contributed by atoms with Crippen molar-refractivity contribution in [1.82, 2.24) is 10.2 Å². The fraction of sp³-hybridized carbons (Fsp3) is 0.667. The van der Waals surface area contributed by atoms with E-state index in [4.69, 9.17) is 4.74 Å². The van der Waals surface area contributed by atoms with Crippen LogP contribution in [-0.2, 0) is 4.79 Å². The number of amides is 1. The average molecular weight is 360 g/mol. The average Bonchev–Trinajstić information content (AvgIpc) is 2.96. The highest BCUT2D eigenvalue weighted by Gasteiger charge is 2.41. The number of benzene rings is 1. The zero-order valence-electron chi connectivity index (χ0n) is 16.1. The summed E-state index contributed by atoms with van der Waals surface area (Å²) in [7, 11) is 0. The lowest BCUT2D eigenvalue weighted by atomic mass is 9.77. The van der Waals surface area contributed by atoms with Crippen molar-refractivity contribution in [2.45, 2.75) is 51.7 Å². The molecule has 5 heteroatoms. The van der Waals surface area contributed by atoms with Crippen molar-refractivity contribution in [3.8, 4) is 5.75 Å². The summed E-state index contributed by atoms with van der Waals surface area (Å²) >= 11 is 0. The van der Waals surface area contributed by atoms with Gasteiger partial charge in [0.1, 0.15) is 12.4 Å². The maximum Gasteiger partial charge on any atom is 0.217 e. The van der Waals surface area contributed by atoms with Gasteiger partial charge in [-0.3, -0.25) is 9.69 Å². The number of likely N-dealkylation sites (tertiary alicyclic amines) is 1. The smallest absolute Gasteiger partial charge is 0.217 e. The monoisotopic (exact) mass is 360 g/mol. The van der Waals surface area contributed by atoms with Crippen LogP contribution in [0.15, 0.2) is 24.3 Å². The topological polar surface area (TPSA) is 61.8 Å². The minimum atomic E-state index is -0.422. The van der Waals surface area contributed by atoms with Crippen LogP contribution in [0.3, 0.4) is 0 Å². The van der Waals surface area contributed by atoms with E-state index in [0.717, 1.165) is 38.2 Å². The van der Waals surface area contributed by atoms with Gasteiger partial charge >= 0.3 is 0 Å². The molecular formula is C21H32N2O3. The van der Waals surface area contributed by atoms with Gasteiger partial charge in [-0.1, -0.05) is 32.0 Å². The predicted molar refractivity (Wildman–Crippen MR) is 102 cm³/mol. The van der Waals surface area contributed by atoms with Crippen molar-refractivity contribution in [3.63, 3.8) is 0 Å². The van der Waals surface area contributed by atoms with Gasteiger partial charge in [0.05, 0.1) is 12.1 Å². The third kappa shape index (κ3) is 4.57. The second-order valence-corrected chi connectivity index (χ2v) is 8.17. The molecule has 1 saturated carbocycles. The summed E-state index contributed by atoms with van der Waals surface area (Å²) in [6.45, 7) is 9.52. The fourth-order valence-electron chi connectivity index (χ4n) is 4.50. The molecule has 1 amide bonds. The van der Waals surface area contributed by atoms with Crippen molar-refractivity contribution < 1.29 is 14.6 Å². The summed E-state index contributed by atoms with van der Waals surface area (Å²) < 4.78 is 6.06. The molecule has 1 aliphatic heterocycles. The highest BCUT2D eigenvalue weighted by Crippen LogP contribution is 2.36. The number of hydrogen-bond donors (Lipinski definition) is 2. The van der Waals surface area contributed by atoms with E-state index in [-0.39, 0.29) is 11.9 Å². The molecule has 5 nitrogen and oxygen atoms in total. The van der Waals surface area contributed by atoms with Gasteiger partial charge in [0.25, 0.3) is 0 Å². The number of ether oxygens (including phenoxy) is 1. The maximum absolute atomic E-state index is 11.3. The Hall–Kier alpha value is -1.59. The summed E-state index contributed by atoms with van der Waals surface area (Å²) in [5, 5.41) is 13.2. The Bertz CT molecular complexity index is 619. The molecule has 2 N–H and O–H groups in total. The molecule has 0 spiro atoms. The number of carbonyl (C=O) groups is 1. The number of nitrogens with one attached hydrogen (secondary N) is 1. The molecule has 2 aliphatic rings. The van der Waals surface area contributed by atoms with E-state index in [9.17, 15) is 9.90 Å². The van der Waals surface area contributed by atoms with Gasteiger partial charge in [-0.2, -0.15) is 0 Å². The summed E-state index contributed by atoms with van der Waals surface area (Å²) in [5.74, 6) is 2.46. The van der Waals surface area contributed by atoms with Crippen molar-refractivity contribution in [1.29, 1.82) is 0 Å². The standard InChI is InChI=1S/C21H32N2O3/c1-14(2)18-6-4-5-7-21(18)26-9-8-23-12-16-10-19(22-15(3)24)20(25)11-17(16)13-23/h4-7,14,16-17,19-20,25H,8-13H2,1-3H3,(H,22,24)/t16-,17+,19-,20-/m1/s1. The molecule has 1 aliphatic carbocycles. The zero-order valence-corrected chi connectivity index (χ0v) is 16.1. The van der Waals surface area contributed by atoms with Crippen molar-refractivity contribution in [2.24, 2.45) is 11.8 Å². The molecule has 144 valence electrons. The predicted octanol–water partition coefficient (Wildman–Crippen LogP) is 2.40. The first-order valence-electron chi connectivity index (χ1n) is 9.83. The van der Waals surface area contributed by atoms with Crippen LogP contribution in [0, 0.1) is 11.8 Å². The molecule has 2 fully saturated rings. The lowest BCUT2D eigenvalue weighted by molar-refractivity contribution is -0.121. The lowest BCUT2D eigenvalue weighted by Crippen LogP contribution is -2.48. The number of hydrogen-bond acceptors (Lipinski definition) is 4. The largest absolute Gasteiger partial charge is 0.492 e. The molecule has 1 heterocycles. The first-order chi connectivity index (χ1) is 12.4. The number of aliphatic hydroxyl groups is 1. The van der Waals surface area contributed by atoms with Crippen LogP contribution in [0.25, 0.3) is 0 Å². The molecule has 26 heavy (non-hydrogen) atoms. The van der Waals surface area contributed by atoms with Gasteiger partial charge in [-0.25, -0.2) is 0 Å². The Balaban J connectivity index is 1.49. The van der Waals surface area contributed by atoms with Crippen LogP contribution >= 0.6 is 0 Å². The van der Waals surface area contributed by atoms with Crippen LogP contribution < -0.4 is 10.1 Å². The first kappa shape index (κ1) is 19.2. The van der Waals surface area contributed by atoms with E-state index in [1.54, 1.807) is 0 Å². The second kappa shape index (κ2) is 8.40. The van der Waals surface area contributed by atoms with E-state index in [1.165, 1.54) is 12.5 Å². The third-order valence-corrected chi connectivity index (χ3v) is 5.81. The quantitative estimate of drug-likeness (QED) is 0.818. The maximum atomic E-state index is 11.3. The minimum absolute atomic E-state index is 0.0560. The zero-order chi connectivity index (χ0) is 18.7. The molecular weight excluding hydrogens is 328 g/mol. The van der Waals surface area contributed by atoms with E-state index in [0.29, 0.717) is 24.4 Å². The van der Waals surface area contributed by atoms with E-state index >= 15 is 0 Å². The summed E-state index contributed by atoms with van der Waals surface area (Å²) in [4.78, 5) is 13.8. The lowest BCUT2D eigenvalue weighted by Gasteiger charge is -2.35. The summed E-state index contributed by atoms with van der Waals surface area (Å²) in [6, 6.07) is 8.17. The molecule has 1 aromatic carbocycles.